The van der Waals surface area contributed by atoms with Crippen LogP contribution < -0.4 is 5.32 Å². The number of ether oxygens (including phenoxy) is 1. The van der Waals surface area contributed by atoms with Gasteiger partial charge in [0.1, 0.15) is 6.04 Å². The summed E-state index contributed by atoms with van der Waals surface area (Å²) in [7, 11) is 1.32. The summed E-state index contributed by atoms with van der Waals surface area (Å²) < 4.78 is 6.62. The molecule has 21 heavy (non-hydrogen) atoms. The van der Waals surface area contributed by atoms with Gasteiger partial charge in [-0.05, 0) is 5.41 Å². The van der Waals surface area contributed by atoms with Crippen molar-refractivity contribution in [1.29, 1.82) is 0 Å². The molecule has 2 heterocycles. The Bertz CT molecular complexity index is 625. The van der Waals surface area contributed by atoms with Crippen molar-refractivity contribution in [3.63, 3.8) is 0 Å². The maximum atomic E-state index is 12.1. The van der Waals surface area contributed by atoms with Gasteiger partial charge in [0, 0.05) is 17.8 Å². The molecule has 0 spiro atoms. The van der Waals surface area contributed by atoms with Gasteiger partial charge >= 0.3 is 5.97 Å². The Hall–Kier alpha value is -1.89. The van der Waals surface area contributed by atoms with Gasteiger partial charge in [0.2, 0.25) is 5.91 Å². The summed E-state index contributed by atoms with van der Waals surface area (Å²) in [6.45, 7) is 5.63. The summed E-state index contributed by atoms with van der Waals surface area (Å²) in [5.74, 6) is -0.687. The molecule has 6 nitrogen and oxygen atoms in total. The number of esters is 1. The van der Waals surface area contributed by atoms with E-state index in [1.807, 2.05) is 42.9 Å². The van der Waals surface area contributed by atoms with E-state index in [2.05, 4.69) is 10.3 Å². The standard InChI is InChI=1S/C14H19N3O3S/c1-14(2,3)11(12(19)20-4)16-10(18)7-9-8-17-5-6-21-13(17)15-9/h5-6,8,11H,7H2,1-4H3,(H,16,18)/t11-/m1/s1. The Balaban J connectivity index is 2.05. The van der Waals surface area contributed by atoms with E-state index in [0.717, 1.165) is 4.96 Å². The summed E-state index contributed by atoms with van der Waals surface area (Å²) in [6, 6.07) is -0.682. The molecule has 2 aromatic heterocycles. The summed E-state index contributed by atoms with van der Waals surface area (Å²) in [6.07, 6.45) is 3.84. The molecule has 1 atom stereocenters. The van der Waals surface area contributed by atoms with Gasteiger partial charge in [0.15, 0.2) is 4.96 Å². The number of fused-ring (bicyclic) bond motifs is 1. The number of carbonyl (C=O) groups is 2. The van der Waals surface area contributed by atoms with Gasteiger partial charge in [-0.1, -0.05) is 20.8 Å². The molecule has 0 aromatic carbocycles. The highest BCUT2D eigenvalue weighted by molar-refractivity contribution is 7.15. The quantitative estimate of drug-likeness (QED) is 0.872. The molecule has 0 unspecified atom stereocenters. The first-order chi connectivity index (χ1) is 9.81. The van der Waals surface area contributed by atoms with Crippen LogP contribution in [0.5, 0.6) is 0 Å². The highest BCUT2D eigenvalue weighted by Gasteiger charge is 2.33. The summed E-state index contributed by atoms with van der Waals surface area (Å²) >= 11 is 1.51. The minimum atomic E-state index is -0.682. The summed E-state index contributed by atoms with van der Waals surface area (Å²) in [5, 5.41) is 4.66. The maximum Gasteiger partial charge on any atom is 0.328 e. The first-order valence-corrected chi connectivity index (χ1v) is 7.47. The predicted octanol–water partition coefficient (Wildman–Crippen LogP) is 1.64. The molecule has 2 aromatic rings. The molecule has 7 heteroatoms. The Kier molecular flexibility index (Phi) is 4.32. The molecule has 0 saturated heterocycles. The van der Waals surface area contributed by atoms with Crippen molar-refractivity contribution < 1.29 is 14.3 Å². The Morgan fingerprint density at radius 3 is 2.76 bits per heavy atom. The normalized spacial score (nSPS) is 13.1. The van der Waals surface area contributed by atoms with Crippen molar-refractivity contribution in [1.82, 2.24) is 14.7 Å². The van der Waals surface area contributed by atoms with Crippen molar-refractivity contribution in [3.05, 3.63) is 23.5 Å². The number of nitrogens with one attached hydrogen (secondary N) is 1. The fourth-order valence-corrected chi connectivity index (χ4v) is 2.70. The number of imidazole rings is 1. The van der Waals surface area contributed by atoms with Gasteiger partial charge in [-0.15, -0.1) is 11.3 Å². The van der Waals surface area contributed by atoms with E-state index in [1.165, 1.54) is 18.4 Å². The van der Waals surface area contributed by atoms with E-state index < -0.39 is 17.4 Å². The largest absolute Gasteiger partial charge is 0.467 e. The summed E-state index contributed by atoms with van der Waals surface area (Å²) in [4.78, 5) is 29.1. The molecule has 114 valence electrons. The molecule has 0 fully saturated rings. The molecule has 0 radical (unpaired) electrons. The lowest BCUT2D eigenvalue weighted by atomic mass is 9.86. The number of thiazole rings is 1. The average molecular weight is 309 g/mol. The number of aromatic nitrogens is 2. The van der Waals surface area contributed by atoms with Crippen LogP contribution in [-0.2, 0) is 20.7 Å². The highest BCUT2D eigenvalue weighted by atomic mass is 32.1. The highest BCUT2D eigenvalue weighted by Crippen LogP contribution is 2.20. The second-order valence-electron chi connectivity index (χ2n) is 5.89. The first-order valence-electron chi connectivity index (χ1n) is 6.59. The zero-order valence-corrected chi connectivity index (χ0v) is 13.4. The summed E-state index contributed by atoms with van der Waals surface area (Å²) in [5.41, 5.74) is 0.258. The molecule has 1 amide bonds. The third-order valence-corrected chi connectivity index (χ3v) is 3.86. The first kappa shape index (κ1) is 15.5. The van der Waals surface area contributed by atoms with Crippen LogP contribution in [-0.4, -0.2) is 34.4 Å². The maximum absolute atomic E-state index is 12.1. The van der Waals surface area contributed by atoms with E-state index >= 15 is 0 Å². The average Bonchev–Trinajstić information content (AvgIpc) is 2.94. The number of carbonyl (C=O) groups excluding carboxylic acids is 2. The van der Waals surface area contributed by atoms with Crippen molar-refractivity contribution in [3.8, 4) is 0 Å². The third-order valence-electron chi connectivity index (χ3n) is 3.09. The second kappa shape index (κ2) is 5.85. The van der Waals surface area contributed by atoms with Gasteiger partial charge in [-0.3, -0.25) is 9.20 Å². The zero-order chi connectivity index (χ0) is 15.6. The van der Waals surface area contributed by atoms with Gasteiger partial charge in [-0.25, -0.2) is 9.78 Å². The van der Waals surface area contributed by atoms with E-state index in [1.54, 1.807) is 0 Å². The topological polar surface area (TPSA) is 72.7 Å². The molecule has 0 aliphatic rings. The smallest absolute Gasteiger partial charge is 0.328 e. The van der Waals surface area contributed by atoms with Crippen LogP contribution in [0.25, 0.3) is 4.96 Å². The van der Waals surface area contributed by atoms with Crippen LogP contribution in [0.2, 0.25) is 0 Å². The Labute approximate surface area is 127 Å². The molecule has 2 rings (SSSR count). The minimum Gasteiger partial charge on any atom is -0.467 e. The monoisotopic (exact) mass is 309 g/mol. The number of rotatable bonds is 4. The van der Waals surface area contributed by atoms with Crippen LogP contribution in [0.15, 0.2) is 17.8 Å². The predicted molar refractivity (Wildman–Crippen MR) is 80.2 cm³/mol. The Morgan fingerprint density at radius 1 is 1.48 bits per heavy atom. The van der Waals surface area contributed by atoms with Crippen molar-refractivity contribution in [2.75, 3.05) is 7.11 Å². The van der Waals surface area contributed by atoms with Crippen LogP contribution in [0.4, 0.5) is 0 Å². The minimum absolute atomic E-state index is 0.137. The lowest BCUT2D eigenvalue weighted by Gasteiger charge is -2.28. The van der Waals surface area contributed by atoms with E-state index in [-0.39, 0.29) is 12.3 Å². The molecule has 0 aliphatic carbocycles. The lowest BCUT2D eigenvalue weighted by Crippen LogP contribution is -2.50. The third kappa shape index (κ3) is 3.60. The van der Waals surface area contributed by atoms with Crippen molar-refractivity contribution in [2.24, 2.45) is 5.41 Å². The van der Waals surface area contributed by atoms with Gasteiger partial charge in [-0.2, -0.15) is 0 Å². The Morgan fingerprint density at radius 2 is 2.19 bits per heavy atom. The lowest BCUT2D eigenvalue weighted by molar-refractivity contribution is -0.148. The van der Waals surface area contributed by atoms with Gasteiger partial charge in [0.05, 0.1) is 19.2 Å². The fourth-order valence-electron chi connectivity index (χ4n) is 1.98. The SMILES string of the molecule is COC(=O)[C@@H](NC(=O)Cc1cn2ccsc2n1)C(C)(C)C. The van der Waals surface area contributed by atoms with Crippen LogP contribution in [0, 0.1) is 5.41 Å². The van der Waals surface area contributed by atoms with E-state index in [0.29, 0.717) is 5.69 Å². The van der Waals surface area contributed by atoms with Crippen molar-refractivity contribution in [2.45, 2.75) is 33.2 Å². The number of amides is 1. The second-order valence-corrected chi connectivity index (χ2v) is 6.76. The molecular weight excluding hydrogens is 290 g/mol. The van der Waals surface area contributed by atoms with Crippen LogP contribution >= 0.6 is 11.3 Å². The van der Waals surface area contributed by atoms with Gasteiger partial charge < -0.3 is 10.1 Å². The van der Waals surface area contributed by atoms with Crippen LogP contribution in [0.3, 0.4) is 0 Å². The molecule has 0 aliphatic heterocycles. The molecule has 1 N–H and O–H groups in total. The molecular formula is C14H19N3O3S. The van der Waals surface area contributed by atoms with Crippen LogP contribution in [0.1, 0.15) is 26.5 Å². The number of nitrogens with zero attached hydrogens (tertiary/aromatic N) is 2. The fraction of sp³-hybridized carbons (Fsp3) is 0.500. The number of hydrogen-bond acceptors (Lipinski definition) is 5. The number of hydrogen-bond donors (Lipinski definition) is 1. The van der Waals surface area contributed by atoms with Gasteiger partial charge in [0.25, 0.3) is 0 Å². The van der Waals surface area contributed by atoms with Crippen molar-refractivity contribution >= 4 is 28.2 Å². The van der Waals surface area contributed by atoms with E-state index in [9.17, 15) is 9.59 Å². The molecule has 0 saturated carbocycles. The van der Waals surface area contributed by atoms with E-state index in [4.69, 9.17) is 4.74 Å². The number of methoxy groups -OCH3 is 1. The molecule has 0 bridgehead atoms. The zero-order valence-electron chi connectivity index (χ0n) is 12.5.